The number of amides is 2. The topological polar surface area (TPSA) is 49.9 Å². The van der Waals surface area contributed by atoms with Crippen LogP contribution >= 0.6 is 15.9 Å². The van der Waals surface area contributed by atoms with Crippen molar-refractivity contribution in [3.63, 3.8) is 0 Å². The van der Waals surface area contributed by atoms with Crippen molar-refractivity contribution in [2.45, 2.75) is 12.8 Å². The Morgan fingerprint density at radius 2 is 1.67 bits per heavy atom. The third-order valence-corrected chi connectivity index (χ3v) is 5.03. The molecule has 0 atom stereocenters. The molecule has 0 unspecified atom stereocenters. The summed E-state index contributed by atoms with van der Waals surface area (Å²) in [4.78, 5) is 28.7. The summed E-state index contributed by atoms with van der Waals surface area (Å²) in [6, 6.07) is 16.9. The smallest absolute Gasteiger partial charge is 0.253 e. The summed E-state index contributed by atoms with van der Waals surface area (Å²) in [5.74, 6) is 0.842. The first-order valence-corrected chi connectivity index (χ1v) is 9.93. The second-order valence-electron chi connectivity index (χ2n) is 6.45. The number of hydrogen-bond acceptors (Lipinski definition) is 3. The molecule has 2 amide bonds. The molecule has 0 N–H and O–H groups in total. The van der Waals surface area contributed by atoms with E-state index in [0.717, 1.165) is 16.6 Å². The molecule has 1 fully saturated rings. The van der Waals surface area contributed by atoms with Crippen LogP contribution in [0, 0.1) is 0 Å². The van der Waals surface area contributed by atoms with E-state index in [1.54, 1.807) is 0 Å². The van der Waals surface area contributed by atoms with Gasteiger partial charge in [0.2, 0.25) is 5.91 Å². The summed E-state index contributed by atoms with van der Waals surface area (Å²) < 4.78 is 6.60. The van der Waals surface area contributed by atoms with Gasteiger partial charge < -0.3 is 14.5 Å². The highest BCUT2D eigenvalue weighted by Crippen LogP contribution is 2.18. The summed E-state index contributed by atoms with van der Waals surface area (Å²) in [6.45, 7) is 2.82. The van der Waals surface area contributed by atoms with Gasteiger partial charge in [-0.05, 0) is 36.8 Å². The Labute approximate surface area is 168 Å². The Kier molecular flexibility index (Phi) is 6.87. The molecule has 1 aliphatic rings. The molecule has 6 heteroatoms. The van der Waals surface area contributed by atoms with Crippen LogP contribution in [0.15, 0.2) is 59.1 Å². The van der Waals surface area contributed by atoms with Crippen molar-refractivity contribution in [3.05, 3.63) is 64.6 Å². The Bertz CT molecular complexity index is 782. The third kappa shape index (κ3) is 5.57. The zero-order valence-electron chi connectivity index (χ0n) is 15.1. The lowest BCUT2D eigenvalue weighted by Gasteiger charge is -2.22. The van der Waals surface area contributed by atoms with Gasteiger partial charge in [0, 0.05) is 36.2 Å². The van der Waals surface area contributed by atoms with E-state index in [0.29, 0.717) is 44.8 Å². The molecule has 1 aliphatic heterocycles. The van der Waals surface area contributed by atoms with Gasteiger partial charge in [-0.1, -0.05) is 40.2 Å². The molecule has 27 heavy (non-hydrogen) atoms. The summed E-state index contributed by atoms with van der Waals surface area (Å²) in [7, 11) is 0. The van der Waals surface area contributed by atoms with Crippen molar-refractivity contribution < 1.29 is 14.3 Å². The maximum Gasteiger partial charge on any atom is 0.253 e. The van der Waals surface area contributed by atoms with Gasteiger partial charge in [0.25, 0.3) is 5.91 Å². The second kappa shape index (κ2) is 9.55. The Hall–Kier alpha value is -2.34. The first-order chi connectivity index (χ1) is 13.1. The number of benzene rings is 2. The SMILES string of the molecule is O=C(CCOc1cccc(Br)c1)N1CCCN(C(=O)c2ccccc2)CC1. The van der Waals surface area contributed by atoms with Crippen molar-refractivity contribution in [1.29, 1.82) is 0 Å². The number of nitrogens with zero attached hydrogens (tertiary/aromatic N) is 2. The highest BCUT2D eigenvalue weighted by molar-refractivity contribution is 9.10. The quantitative estimate of drug-likeness (QED) is 0.727. The van der Waals surface area contributed by atoms with Crippen LogP contribution < -0.4 is 4.74 Å². The number of carbonyl (C=O) groups is 2. The first-order valence-electron chi connectivity index (χ1n) is 9.14. The Morgan fingerprint density at radius 3 is 2.44 bits per heavy atom. The summed E-state index contributed by atoms with van der Waals surface area (Å²) in [5.41, 5.74) is 0.694. The molecule has 2 aromatic carbocycles. The minimum Gasteiger partial charge on any atom is -0.493 e. The van der Waals surface area contributed by atoms with E-state index >= 15 is 0 Å². The van der Waals surface area contributed by atoms with Crippen LogP contribution in [-0.2, 0) is 4.79 Å². The van der Waals surface area contributed by atoms with Crippen molar-refractivity contribution in [1.82, 2.24) is 9.80 Å². The average Bonchev–Trinajstić information content (AvgIpc) is 2.94. The van der Waals surface area contributed by atoms with E-state index in [4.69, 9.17) is 4.74 Å². The van der Waals surface area contributed by atoms with Gasteiger partial charge in [0.1, 0.15) is 5.75 Å². The van der Waals surface area contributed by atoms with Crippen LogP contribution in [0.5, 0.6) is 5.75 Å². The van der Waals surface area contributed by atoms with Crippen molar-refractivity contribution in [3.8, 4) is 5.75 Å². The van der Waals surface area contributed by atoms with E-state index in [1.807, 2.05) is 64.4 Å². The molecule has 0 radical (unpaired) electrons. The van der Waals surface area contributed by atoms with E-state index in [-0.39, 0.29) is 11.8 Å². The molecule has 0 aliphatic carbocycles. The van der Waals surface area contributed by atoms with Crippen molar-refractivity contribution in [2.24, 2.45) is 0 Å². The summed E-state index contributed by atoms with van der Waals surface area (Å²) in [6.07, 6.45) is 1.12. The first kappa shape index (κ1) is 19.4. The highest BCUT2D eigenvalue weighted by atomic mass is 79.9. The van der Waals surface area contributed by atoms with Gasteiger partial charge in [-0.2, -0.15) is 0 Å². The summed E-state index contributed by atoms with van der Waals surface area (Å²) in [5, 5.41) is 0. The van der Waals surface area contributed by atoms with Gasteiger partial charge in [-0.15, -0.1) is 0 Å². The Balaban J connectivity index is 1.47. The van der Waals surface area contributed by atoms with Crippen LogP contribution in [0.3, 0.4) is 0 Å². The van der Waals surface area contributed by atoms with Gasteiger partial charge in [0.05, 0.1) is 13.0 Å². The monoisotopic (exact) mass is 430 g/mol. The molecular weight excluding hydrogens is 408 g/mol. The molecule has 1 heterocycles. The number of halogens is 1. The number of carbonyl (C=O) groups excluding carboxylic acids is 2. The lowest BCUT2D eigenvalue weighted by atomic mass is 10.2. The predicted molar refractivity (Wildman–Crippen MR) is 108 cm³/mol. The van der Waals surface area contributed by atoms with Crippen LogP contribution in [0.4, 0.5) is 0 Å². The zero-order valence-corrected chi connectivity index (χ0v) is 16.7. The number of hydrogen-bond donors (Lipinski definition) is 0. The maximum atomic E-state index is 12.6. The number of ether oxygens (including phenoxy) is 1. The van der Waals surface area contributed by atoms with E-state index < -0.39 is 0 Å². The molecule has 1 saturated heterocycles. The highest BCUT2D eigenvalue weighted by Gasteiger charge is 2.22. The lowest BCUT2D eigenvalue weighted by Crippen LogP contribution is -2.37. The van der Waals surface area contributed by atoms with Crippen molar-refractivity contribution >= 4 is 27.7 Å². The maximum absolute atomic E-state index is 12.6. The van der Waals surface area contributed by atoms with E-state index in [9.17, 15) is 9.59 Å². The van der Waals surface area contributed by atoms with Gasteiger partial charge in [-0.3, -0.25) is 9.59 Å². The fourth-order valence-corrected chi connectivity index (χ4v) is 3.48. The second-order valence-corrected chi connectivity index (χ2v) is 7.36. The minimum atomic E-state index is 0.0305. The standard InChI is InChI=1S/C21H23BrN2O3/c22-18-8-4-9-19(16-18)27-15-10-20(25)23-11-5-12-24(14-13-23)21(26)17-6-2-1-3-7-17/h1-4,6-9,16H,5,10-15H2. The molecular formula is C21H23BrN2O3. The van der Waals surface area contributed by atoms with Gasteiger partial charge in [-0.25, -0.2) is 0 Å². The van der Waals surface area contributed by atoms with Crippen LogP contribution in [0.1, 0.15) is 23.2 Å². The van der Waals surface area contributed by atoms with Gasteiger partial charge in [0.15, 0.2) is 0 Å². The summed E-state index contributed by atoms with van der Waals surface area (Å²) >= 11 is 3.40. The third-order valence-electron chi connectivity index (χ3n) is 4.54. The molecule has 0 spiro atoms. The van der Waals surface area contributed by atoms with E-state index in [1.165, 1.54) is 0 Å². The van der Waals surface area contributed by atoms with Crippen LogP contribution in [-0.4, -0.2) is 54.4 Å². The molecule has 0 saturated carbocycles. The van der Waals surface area contributed by atoms with Crippen LogP contribution in [0.2, 0.25) is 0 Å². The molecule has 0 aromatic heterocycles. The fraction of sp³-hybridized carbons (Fsp3) is 0.333. The van der Waals surface area contributed by atoms with Gasteiger partial charge >= 0.3 is 0 Å². The lowest BCUT2D eigenvalue weighted by molar-refractivity contribution is -0.131. The molecule has 3 rings (SSSR count). The largest absolute Gasteiger partial charge is 0.493 e. The van der Waals surface area contributed by atoms with Crippen LogP contribution in [0.25, 0.3) is 0 Å². The van der Waals surface area contributed by atoms with E-state index in [2.05, 4.69) is 15.9 Å². The fourth-order valence-electron chi connectivity index (χ4n) is 3.10. The number of rotatable bonds is 5. The zero-order chi connectivity index (χ0) is 19.1. The minimum absolute atomic E-state index is 0.0305. The normalized spacial score (nSPS) is 14.6. The average molecular weight is 431 g/mol. The predicted octanol–water partition coefficient (Wildman–Crippen LogP) is 3.59. The molecule has 0 bridgehead atoms. The molecule has 2 aromatic rings. The molecule has 142 valence electrons. The van der Waals surface area contributed by atoms with Crippen molar-refractivity contribution in [2.75, 3.05) is 32.8 Å². The molecule has 5 nitrogen and oxygen atoms in total. The Morgan fingerprint density at radius 1 is 0.926 bits per heavy atom.